The molecule has 13 heteroatoms. The highest BCUT2D eigenvalue weighted by atomic mass is 35.5. The number of allylic oxidation sites excluding steroid dienone is 2. The Labute approximate surface area is 265 Å². The number of anilines is 1. The van der Waals surface area contributed by atoms with Crippen molar-refractivity contribution in [1.82, 2.24) is 20.2 Å². The van der Waals surface area contributed by atoms with Gasteiger partial charge in [0, 0.05) is 30.7 Å². The van der Waals surface area contributed by atoms with Crippen LogP contribution in [0, 0.1) is 11.2 Å². The second-order valence-electron chi connectivity index (χ2n) is 12.7. The van der Waals surface area contributed by atoms with E-state index in [0.29, 0.717) is 55.4 Å². The summed E-state index contributed by atoms with van der Waals surface area (Å²) in [7, 11) is 0. The van der Waals surface area contributed by atoms with Crippen molar-refractivity contribution in [2.24, 2.45) is 5.73 Å². The lowest BCUT2D eigenvalue weighted by atomic mass is 9.89. The van der Waals surface area contributed by atoms with Crippen molar-refractivity contribution >= 4 is 40.2 Å². The van der Waals surface area contributed by atoms with Gasteiger partial charge in [0.1, 0.15) is 23.8 Å². The highest BCUT2D eigenvalue weighted by molar-refractivity contribution is 6.34. The number of aryl methyl sites for hydroxylation is 1. The largest absolute Gasteiger partial charge is 0.461 e. The molecule has 2 atom stereocenters. The first-order valence-corrected chi connectivity index (χ1v) is 16.2. The normalized spacial score (nSPS) is 23.9. The molecule has 45 heavy (non-hydrogen) atoms. The summed E-state index contributed by atoms with van der Waals surface area (Å²) in [5.74, 6) is -0.999. The van der Waals surface area contributed by atoms with Gasteiger partial charge in [-0.25, -0.2) is 4.39 Å². The summed E-state index contributed by atoms with van der Waals surface area (Å²) in [5.41, 5.74) is 3.82. The lowest BCUT2D eigenvalue weighted by Crippen LogP contribution is -2.58. The van der Waals surface area contributed by atoms with Crippen LogP contribution in [0.3, 0.4) is 0 Å². The SMILES string of the molecule is CC[C@@H]1NCCN2c3nc(OCC45CCCN4CCC5)nc4c(F)c(/C=C(/C(C)=C\C(=N)N)C(F)(F)F)c(Cl)c(c34)CCCC12. The number of fused-ring (bicyclic) bond motifs is 3. The second kappa shape index (κ2) is 12.3. The first-order valence-electron chi connectivity index (χ1n) is 15.8. The van der Waals surface area contributed by atoms with Crippen molar-refractivity contribution in [3.63, 3.8) is 0 Å². The fraction of sp³-hybridized carbons (Fsp3) is 0.594. The van der Waals surface area contributed by atoms with Crippen molar-refractivity contribution < 1.29 is 22.3 Å². The first-order chi connectivity index (χ1) is 21.4. The van der Waals surface area contributed by atoms with Gasteiger partial charge in [0.2, 0.25) is 0 Å². The highest BCUT2D eigenvalue weighted by Gasteiger charge is 2.45. The van der Waals surface area contributed by atoms with Crippen LogP contribution in [0.4, 0.5) is 23.4 Å². The van der Waals surface area contributed by atoms with E-state index in [2.05, 4.69) is 27.0 Å². The summed E-state index contributed by atoms with van der Waals surface area (Å²) in [5, 5.41) is 11.4. The third-order valence-electron chi connectivity index (χ3n) is 10.1. The van der Waals surface area contributed by atoms with Gasteiger partial charge in [-0.05, 0) is 94.7 Å². The van der Waals surface area contributed by atoms with Crippen LogP contribution in [0.15, 0.2) is 17.2 Å². The van der Waals surface area contributed by atoms with Gasteiger partial charge >= 0.3 is 12.2 Å². The van der Waals surface area contributed by atoms with Crippen molar-refractivity contribution in [1.29, 1.82) is 5.41 Å². The van der Waals surface area contributed by atoms with E-state index in [4.69, 9.17) is 32.5 Å². The van der Waals surface area contributed by atoms with E-state index in [-0.39, 0.29) is 39.7 Å². The minimum Gasteiger partial charge on any atom is -0.461 e. The van der Waals surface area contributed by atoms with Gasteiger partial charge in [-0.3, -0.25) is 10.3 Å². The van der Waals surface area contributed by atoms with Crippen LogP contribution in [0.5, 0.6) is 6.01 Å². The van der Waals surface area contributed by atoms with Crippen LogP contribution in [0.1, 0.15) is 69.9 Å². The molecule has 1 aromatic heterocycles. The van der Waals surface area contributed by atoms with Crippen LogP contribution in [-0.2, 0) is 6.42 Å². The summed E-state index contributed by atoms with van der Waals surface area (Å²) < 4.78 is 65.9. The van der Waals surface area contributed by atoms with Crippen molar-refractivity contribution in [3.05, 3.63) is 39.2 Å². The van der Waals surface area contributed by atoms with Crippen molar-refractivity contribution in [2.75, 3.05) is 37.7 Å². The van der Waals surface area contributed by atoms with E-state index < -0.39 is 29.0 Å². The second-order valence-corrected chi connectivity index (χ2v) is 13.1. The Kier molecular flexibility index (Phi) is 8.77. The molecular formula is C32H40ClF4N7O. The Morgan fingerprint density at radius 1 is 1.20 bits per heavy atom. The van der Waals surface area contributed by atoms with Gasteiger partial charge in [0.15, 0.2) is 5.82 Å². The summed E-state index contributed by atoms with van der Waals surface area (Å²) in [6.45, 7) is 7.03. The number of piperazine rings is 1. The third-order valence-corrected chi connectivity index (χ3v) is 10.5. The molecule has 4 aliphatic heterocycles. The zero-order chi connectivity index (χ0) is 32.1. The molecule has 1 unspecified atom stereocenters. The number of amidine groups is 1. The van der Waals surface area contributed by atoms with E-state index in [0.717, 1.165) is 57.7 Å². The number of nitrogens with one attached hydrogen (secondary N) is 2. The molecular weight excluding hydrogens is 610 g/mol. The monoisotopic (exact) mass is 649 g/mol. The fourth-order valence-corrected chi connectivity index (χ4v) is 8.27. The molecule has 0 bridgehead atoms. The molecule has 3 saturated heterocycles. The molecule has 0 aliphatic carbocycles. The highest BCUT2D eigenvalue weighted by Crippen LogP contribution is 2.44. The van der Waals surface area contributed by atoms with E-state index in [1.807, 2.05) is 0 Å². The molecule has 5 heterocycles. The zero-order valence-electron chi connectivity index (χ0n) is 25.7. The van der Waals surface area contributed by atoms with Gasteiger partial charge < -0.3 is 20.7 Å². The molecule has 8 nitrogen and oxygen atoms in total. The number of nitrogens with two attached hydrogens (primary N) is 1. The summed E-state index contributed by atoms with van der Waals surface area (Å²) in [6, 6.07) is 0.313. The molecule has 1 aromatic carbocycles. The predicted molar refractivity (Wildman–Crippen MR) is 169 cm³/mol. The number of halogens is 5. The Balaban J connectivity index is 1.55. The number of alkyl halides is 3. The molecule has 2 aromatic rings. The van der Waals surface area contributed by atoms with E-state index >= 15 is 4.39 Å². The van der Waals surface area contributed by atoms with Gasteiger partial charge in [0.25, 0.3) is 0 Å². The summed E-state index contributed by atoms with van der Waals surface area (Å²) in [4.78, 5) is 14.1. The lowest BCUT2D eigenvalue weighted by Gasteiger charge is -2.44. The van der Waals surface area contributed by atoms with Gasteiger partial charge in [-0.15, -0.1) is 0 Å². The van der Waals surface area contributed by atoms with E-state index in [1.54, 1.807) is 0 Å². The Morgan fingerprint density at radius 2 is 1.93 bits per heavy atom. The van der Waals surface area contributed by atoms with Crippen LogP contribution in [0.25, 0.3) is 17.0 Å². The number of hydrogen-bond acceptors (Lipinski definition) is 7. The molecule has 4 aliphatic rings. The quantitative estimate of drug-likeness (QED) is 0.143. The Bertz CT molecular complexity index is 1550. The molecule has 3 fully saturated rings. The van der Waals surface area contributed by atoms with Gasteiger partial charge in [0.05, 0.1) is 21.5 Å². The molecule has 6 rings (SSSR count). The standard InChI is InChI=1S/C32H40ClF4N7O/c1-3-22-23-8-4-7-19-25-28(27(34)20(26(19)33)16-21(32(35,36)37)18(2)15-24(38)39)41-30(42-29(25)44(23)14-11-40-22)45-17-31-9-5-12-43(31)13-6-10-31/h15-16,22-23,40H,3-14,17H2,1-2H3,(H3,38,39)/b18-15-,21-16-/t22-,23?/m0/s1. The van der Waals surface area contributed by atoms with Crippen LogP contribution < -0.4 is 20.7 Å². The smallest absolute Gasteiger partial charge is 0.416 e. The topological polar surface area (TPSA) is 103 Å². The third kappa shape index (κ3) is 5.89. The summed E-state index contributed by atoms with van der Waals surface area (Å²) >= 11 is 6.85. The van der Waals surface area contributed by atoms with Crippen LogP contribution >= 0.6 is 11.6 Å². The van der Waals surface area contributed by atoms with Crippen molar-refractivity contribution in [3.8, 4) is 6.01 Å². The number of nitrogens with zero attached hydrogens (tertiary/aromatic N) is 4. The minimum absolute atomic E-state index is 0.0160. The van der Waals surface area contributed by atoms with Crippen LogP contribution in [-0.4, -0.2) is 77.3 Å². The van der Waals surface area contributed by atoms with Crippen molar-refractivity contribution in [2.45, 2.75) is 89.0 Å². The molecule has 244 valence electrons. The van der Waals surface area contributed by atoms with Gasteiger partial charge in [-0.1, -0.05) is 18.5 Å². The fourth-order valence-electron chi connectivity index (χ4n) is 7.94. The minimum atomic E-state index is -4.85. The Hall–Kier alpha value is -2.96. The number of ether oxygens (including phenoxy) is 1. The maximum atomic E-state index is 16.7. The molecule has 4 N–H and O–H groups in total. The van der Waals surface area contributed by atoms with E-state index in [1.165, 1.54) is 6.92 Å². The predicted octanol–water partition coefficient (Wildman–Crippen LogP) is 6.15. The first kappa shape index (κ1) is 32.0. The summed E-state index contributed by atoms with van der Waals surface area (Å²) in [6.07, 6.45) is 3.74. The number of benzene rings is 1. The average molecular weight is 650 g/mol. The maximum absolute atomic E-state index is 16.7. The molecule has 0 saturated carbocycles. The number of rotatable bonds is 7. The van der Waals surface area contributed by atoms with E-state index in [9.17, 15) is 13.2 Å². The van der Waals surface area contributed by atoms with Crippen LogP contribution in [0.2, 0.25) is 5.02 Å². The molecule has 0 spiro atoms. The lowest BCUT2D eigenvalue weighted by molar-refractivity contribution is -0.0883. The van der Waals surface area contributed by atoms with Gasteiger partial charge in [-0.2, -0.15) is 23.1 Å². The number of aromatic nitrogens is 2. The molecule has 0 amide bonds. The molecule has 0 radical (unpaired) electrons. The zero-order valence-corrected chi connectivity index (χ0v) is 26.4. The maximum Gasteiger partial charge on any atom is 0.416 e. The number of hydrogen-bond donors (Lipinski definition) is 3. The Morgan fingerprint density at radius 3 is 2.60 bits per heavy atom. The average Bonchev–Trinajstić information content (AvgIpc) is 3.56.